The number of carbonyl (C=O) groups is 2. The number of urea groups is 1. The molecule has 6 nitrogen and oxygen atoms in total. The molecular formula is C14H13FN2O4. The van der Waals surface area contributed by atoms with E-state index in [1.165, 1.54) is 24.3 Å². The first-order valence-corrected chi connectivity index (χ1v) is 6.04. The van der Waals surface area contributed by atoms with Crippen LogP contribution in [0.15, 0.2) is 41.0 Å². The second-order valence-electron chi connectivity index (χ2n) is 4.36. The molecule has 0 radical (unpaired) electrons. The summed E-state index contributed by atoms with van der Waals surface area (Å²) < 4.78 is 18.2. The van der Waals surface area contributed by atoms with Gasteiger partial charge in [-0.25, -0.2) is 14.0 Å². The third kappa shape index (κ3) is 3.59. The van der Waals surface area contributed by atoms with E-state index in [-0.39, 0.29) is 17.8 Å². The molecule has 2 rings (SSSR count). The Bertz CT molecular complexity index is 655. The lowest BCUT2D eigenvalue weighted by Crippen LogP contribution is -2.31. The number of hydrogen-bond donors (Lipinski definition) is 2. The second kappa shape index (κ2) is 6.08. The van der Waals surface area contributed by atoms with Gasteiger partial charge in [-0.05, 0) is 30.3 Å². The molecule has 1 aromatic carbocycles. The highest BCUT2D eigenvalue weighted by atomic mass is 19.1. The molecular weight excluding hydrogens is 279 g/mol. The van der Waals surface area contributed by atoms with Crippen molar-refractivity contribution in [3.63, 3.8) is 0 Å². The third-order valence-electron chi connectivity index (χ3n) is 2.77. The van der Waals surface area contributed by atoms with Gasteiger partial charge in [-0.15, -0.1) is 0 Å². The largest absolute Gasteiger partial charge is 0.478 e. The van der Waals surface area contributed by atoms with E-state index in [2.05, 4.69) is 5.32 Å². The number of nitrogens with one attached hydrogen (secondary N) is 1. The highest BCUT2D eigenvalue weighted by Gasteiger charge is 2.16. The van der Waals surface area contributed by atoms with Gasteiger partial charge in [0.1, 0.15) is 11.6 Å². The van der Waals surface area contributed by atoms with Gasteiger partial charge in [-0.3, -0.25) is 0 Å². The zero-order valence-corrected chi connectivity index (χ0v) is 11.2. The van der Waals surface area contributed by atoms with Crippen LogP contribution in [0.25, 0.3) is 0 Å². The molecule has 1 heterocycles. The maximum atomic E-state index is 13.1. The van der Waals surface area contributed by atoms with Crippen LogP contribution in [0.2, 0.25) is 0 Å². The molecule has 21 heavy (non-hydrogen) atoms. The van der Waals surface area contributed by atoms with E-state index < -0.39 is 17.8 Å². The number of anilines is 1. The highest BCUT2D eigenvalue weighted by molar-refractivity contribution is 5.99. The number of carboxylic acid groups (broad SMARTS) is 1. The van der Waals surface area contributed by atoms with Crippen LogP contribution < -0.4 is 5.32 Å². The van der Waals surface area contributed by atoms with Crippen molar-refractivity contribution in [2.24, 2.45) is 0 Å². The molecule has 0 spiro atoms. The summed E-state index contributed by atoms with van der Waals surface area (Å²) in [6.07, 6.45) is 1.49. The summed E-state index contributed by atoms with van der Waals surface area (Å²) in [5.74, 6) is -1.42. The lowest BCUT2D eigenvalue weighted by atomic mass is 10.1. The smallest absolute Gasteiger partial charge is 0.337 e. The molecule has 1 aromatic heterocycles. The van der Waals surface area contributed by atoms with E-state index in [4.69, 9.17) is 9.52 Å². The first-order chi connectivity index (χ1) is 9.97. The highest BCUT2D eigenvalue weighted by Crippen LogP contribution is 2.18. The Kier molecular flexibility index (Phi) is 4.22. The van der Waals surface area contributed by atoms with Crippen molar-refractivity contribution in [3.05, 3.63) is 53.7 Å². The van der Waals surface area contributed by atoms with Gasteiger partial charge in [-0.2, -0.15) is 0 Å². The number of hydrogen-bond acceptors (Lipinski definition) is 3. The molecule has 0 atom stereocenters. The summed E-state index contributed by atoms with van der Waals surface area (Å²) >= 11 is 0. The zero-order valence-electron chi connectivity index (χ0n) is 11.2. The molecule has 0 aliphatic rings. The quantitative estimate of drug-likeness (QED) is 0.907. The molecule has 2 aromatic rings. The minimum atomic E-state index is -1.32. The van der Waals surface area contributed by atoms with Crippen LogP contribution in [0.3, 0.4) is 0 Å². The van der Waals surface area contributed by atoms with Crippen molar-refractivity contribution in [1.82, 2.24) is 4.90 Å². The van der Waals surface area contributed by atoms with Gasteiger partial charge >= 0.3 is 12.0 Å². The van der Waals surface area contributed by atoms with E-state index in [9.17, 15) is 14.0 Å². The number of aromatic carboxylic acids is 1. The van der Waals surface area contributed by atoms with Gasteiger partial charge in [0.25, 0.3) is 0 Å². The second-order valence-corrected chi connectivity index (χ2v) is 4.36. The van der Waals surface area contributed by atoms with E-state index in [0.717, 1.165) is 12.1 Å². The van der Waals surface area contributed by atoms with Crippen LogP contribution in [-0.4, -0.2) is 29.1 Å². The summed E-state index contributed by atoms with van der Waals surface area (Å²) in [6.45, 7) is 0.225. The third-order valence-corrected chi connectivity index (χ3v) is 2.77. The Morgan fingerprint density at radius 2 is 2.14 bits per heavy atom. The SMILES string of the molecule is CN(Cc1ccco1)C(=O)Nc1ccc(F)cc1C(=O)O. The van der Waals surface area contributed by atoms with Gasteiger partial charge in [0.15, 0.2) is 0 Å². The average molecular weight is 292 g/mol. The van der Waals surface area contributed by atoms with Crippen LogP contribution in [-0.2, 0) is 6.54 Å². The summed E-state index contributed by atoms with van der Waals surface area (Å²) in [7, 11) is 1.53. The first kappa shape index (κ1) is 14.6. The molecule has 0 aliphatic heterocycles. The number of rotatable bonds is 4. The van der Waals surface area contributed by atoms with Gasteiger partial charge in [0.05, 0.1) is 24.1 Å². The number of furan rings is 1. The fourth-order valence-electron chi connectivity index (χ4n) is 1.72. The lowest BCUT2D eigenvalue weighted by molar-refractivity contribution is 0.0697. The fourth-order valence-corrected chi connectivity index (χ4v) is 1.72. The summed E-state index contributed by atoms with van der Waals surface area (Å²) in [4.78, 5) is 24.3. The first-order valence-electron chi connectivity index (χ1n) is 6.04. The van der Waals surface area contributed by atoms with Gasteiger partial charge < -0.3 is 19.7 Å². The summed E-state index contributed by atoms with van der Waals surface area (Å²) in [6, 6.07) is 6.02. The Hall–Kier alpha value is -2.83. The van der Waals surface area contributed by atoms with Crippen LogP contribution in [0.5, 0.6) is 0 Å². The molecule has 110 valence electrons. The fraction of sp³-hybridized carbons (Fsp3) is 0.143. The van der Waals surface area contributed by atoms with E-state index in [1.807, 2.05) is 0 Å². The molecule has 2 N–H and O–H groups in total. The van der Waals surface area contributed by atoms with Gasteiger partial charge in [-0.1, -0.05) is 0 Å². The van der Waals surface area contributed by atoms with Crippen LogP contribution in [0.1, 0.15) is 16.1 Å². The van der Waals surface area contributed by atoms with E-state index in [1.54, 1.807) is 12.1 Å². The van der Waals surface area contributed by atoms with E-state index >= 15 is 0 Å². The topological polar surface area (TPSA) is 82.8 Å². The molecule has 0 saturated heterocycles. The van der Waals surface area contributed by atoms with E-state index in [0.29, 0.717) is 5.76 Å². The molecule has 0 saturated carbocycles. The minimum absolute atomic E-state index is 0.0280. The normalized spacial score (nSPS) is 10.2. The summed E-state index contributed by atoms with van der Waals surface area (Å²) in [5, 5.41) is 11.4. The average Bonchev–Trinajstić information content (AvgIpc) is 2.93. The van der Waals surface area contributed by atoms with Crippen molar-refractivity contribution in [3.8, 4) is 0 Å². The van der Waals surface area contributed by atoms with Crippen LogP contribution in [0, 0.1) is 5.82 Å². The Morgan fingerprint density at radius 3 is 2.76 bits per heavy atom. The van der Waals surface area contributed by atoms with Gasteiger partial charge in [0.2, 0.25) is 0 Å². The standard InChI is InChI=1S/C14H13FN2O4/c1-17(8-10-3-2-6-21-10)14(20)16-12-5-4-9(15)7-11(12)13(18)19/h2-7H,8H2,1H3,(H,16,20)(H,18,19). The van der Waals surface area contributed by atoms with Gasteiger partial charge in [0, 0.05) is 7.05 Å². The van der Waals surface area contributed by atoms with Crippen LogP contribution >= 0.6 is 0 Å². The number of carbonyl (C=O) groups excluding carboxylic acids is 1. The maximum Gasteiger partial charge on any atom is 0.337 e. The molecule has 0 bridgehead atoms. The maximum absolute atomic E-state index is 13.1. The summed E-state index contributed by atoms with van der Waals surface area (Å²) in [5.41, 5.74) is -0.282. The minimum Gasteiger partial charge on any atom is -0.478 e. The zero-order chi connectivity index (χ0) is 15.4. The Labute approximate surface area is 119 Å². The molecule has 0 fully saturated rings. The van der Waals surface area contributed by atoms with Crippen molar-refractivity contribution < 1.29 is 23.5 Å². The predicted octanol–water partition coefficient (Wildman–Crippen LogP) is 2.78. The monoisotopic (exact) mass is 292 g/mol. The van der Waals surface area contributed by atoms with Crippen molar-refractivity contribution >= 4 is 17.7 Å². The predicted molar refractivity (Wildman–Crippen MR) is 72.6 cm³/mol. The number of nitrogens with zero attached hydrogens (tertiary/aromatic N) is 1. The van der Waals surface area contributed by atoms with Crippen molar-refractivity contribution in [2.75, 3.05) is 12.4 Å². The Morgan fingerprint density at radius 1 is 1.38 bits per heavy atom. The van der Waals surface area contributed by atoms with Crippen molar-refractivity contribution in [1.29, 1.82) is 0 Å². The number of amides is 2. The number of benzene rings is 1. The lowest BCUT2D eigenvalue weighted by Gasteiger charge is -2.17. The Balaban J connectivity index is 2.10. The number of carboxylic acids is 1. The van der Waals surface area contributed by atoms with Crippen LogP contribution in [0.4, 0.5) is 14.9 Å². The molecule has 2 amide bonds. The number of halogens is 1. The van der Waals surface area contributed by atoms with Crippen molar-refractivity contribution in [2.45, 2.75) is 6.54 Å². The molecule has 0 aliphatic carbocycles. The molecule has 7 heteroatoms. The molecule has 0 unspecified atom stereocenters.